The molecule has 13 nitrogen and oxygen atoms in total. The number of anilines is 2. The number of halogens is 1. The van der Waals surface area contributed by atoms with Crippen LogP contribution in [0.2, 0.25) is 5.02 Å². The number of nitrogens with zero attached hydrogens (tertiary/aromatic N) is 6. The maximum atomic E-state index is 6.35. The van der Waals surface area contributed by atoms with Gasteiger partial charge in [0.25, 0.3) is 5.88 Å². The Hall–Kier alpha value is -4.20. The van der Waals surface area contributed by atoms with Gasteiger partial charge in [-0.05, 0) is 51.3 Å². The van der Waals surface area contributed by atoms with Crippen LogP contribution in [-0.2, 0) is 11.3 Å². The Kier molecular flexibility index (Phi) is 12.4. The number of nitrogens with two attached hydrogens (primary N) is 1. The lowest BCUT2D eigenvalue weighted by Crippen LogP contribution is -2.41. The van der Waals surface area contributed by atoms with Crippen LogP contribution in [0.25, 0.3) is 11.1 Å². The molecule has 0 amide bonds. The van der Waals surface area contributed by atoms with E-state index in [2.05, 4.69) is 44.4 Å². The number of ether oxygens (including phenoxy) is 3. The highest BCUT2D eigenvalue weighted by molar-refractivity contribution is 6.32. The van der Waals surface area contributed by atoms with Crippen molar-refractivity contribution in [2.24, 2.45) is 10.7 Å². The molecule has 6 rings (SSSR count). The van der Waals surface area contributed by atoms with Crippen LogP contribution in [0.3, 0.4) is 0 Å². The van der Waals surface area contributed by atoms with E-state index in [-0.39, 0.29) is 12.7 Å². The minimum absolute atomic E-state index is 0.168. The minimum atomic E-state index is -0.185. The molecule has 1 aromatic carbocycles. The highest BCUT2D eigenvalue weighted by Crippen LogP contribution is 2.34. The second kappa shape index (κ2) is 17.1. The Morgan fingerprint density at radius 2 is 1.89 bits per heavy atom. The topological polar surface area (TPSA) is 160 Å². The standard InChI is InChI=1S/C27H31ClN8O3.C6H13NO/c1-18(12-30-17-29)39-24-11-19(7-8-22(24)28)20-13-32-27(33-14-20)34-23-15-36(21-5-3-2-4-6-21)35-26(23)38-16-25-31-9-10-37-25;1-5-3-7-4-6(2)8-5/h7-11,13-15,17-18,21H,2-6,12,16H2,1H3,(H2,29,30)(H,32,33,34);5-7H,3-4H2,1-2H3/t18-;/m0./s1. The van der Waals surface area contributed by atoms with Crippen molar-refractivity contribution < 1.29 is 18.6 Å². The van der Waals surface area contributed by atoms with Gasteiger partial charge in [-0.3, -0.25) is 9.67 Å². The Morgan fingerprint density at radius 3 is 2.55 bits per heavy atom. The quantitative estimate of drug-likeness (QED) is 0.128. The molecule has 2 fully saturated rings. The number of benzene rings is 1. The SMILES string of the molecule is CC1CNCC(C)O1.C[C@@H](CN=CN)Oc1cc(-c2cnc(Nc3cn(C4CCCCC4)nc3OCc3ncco3)nc2)ccc1Cl. The summed E-state index contributed by atoms with van der Waals surface area (Å²) >= 11 is 6.35. The molecule has 0 radical (unpaired) electrons. The van der Waals surface area contributed by atoms with Crippen LogP contribution in [0.1, 0.15) is 64.8 Å². The molecule has 1 saturated carbocycles. The van der Waals surface area contributed by atoms with Crippen LogP contribution < -0.4 is 25.8 Å². The van der Waals surface area contributed by atoms with Crippen molar-refractivity contribution in [3.63, 3.8) is 0 Å². The lowest BCUT2D eigenvalue weighted by atomic mass is 9.96. The number of aromatic nitrogens is 5. The second-order valence-electron chi connectivity index (χ2n) is 11.8. The predicted octanol–water partition coefficient (Wildman–Crippen LogP) is 5.95. The fourth-order valence-corrected chi connectivity index (χ4v) is 5.60. The molecular weight excluding hydrogens is 622 g/mol. The van der Waals surface area contributed by atoms with Crippen molar-refractivity contribution >= 4 is 29.6 Å². The molecule has 0 bridgehead atoms. The van der Waals surface area contributed by atoms with Gasteiger partial charge in [0.05, 0.1) is 48.5 Å². The molecule has 0 spiro atoms. The summed E-state index contributed by atoms with van der Waals surface area (Å²) in [5.74, 6) is 1.89. The van der Waals surface area contributed by atoms with E-state index in [1.165, 1.54) is 31.9 Å². The molecule has 1 aliphatic heterocycles. The van der Waals surface area contributed by atoms with Gasteiger partial charge < -0.3 is 35.0 Å². The zero-order valence-corrected chi connectivity index (χ0v) is 27.9. The third-order valence-electron chi connectivity index (χ3n) is 7.75. The summed E-state index contributed by atoms with van der Waals surface area (Å²) in [6.45, 7) is 8.68. The van der Waals surface area contributed by atoms with Crippen LogP contribution in [0.15, 0.2) is 58.7 Å². The number of nitrogens with one attached hydrogen (secondary N) is 2. The van der Waals surface area contributed by atoms with Gasteiger partial charge in [0.1, 0.15) is 23.8 Å². The predicted molar refractivity (Wildman–Crippen MR) is 181 cm³/mol. The molecule has 1 saturated heterocycles. The molecule has 4 aromatic rings. The summed E-state index contributed by atoms with van der Waals surface area (Å²) in [6.07, 6.45) is 16.3. The van der Waals surface area contributed by atoms with Crippen molar-refractivity contribution in [2.45, 2.75) is 83.8 Å². The van der Waals surface area contributed by atoms with Gasteiger partial charge >= 0.3 is 0 Å². The third-order valence-corrected chi connectivity index (χ3v) is 8.06. The molecule has 4 heterocycles. The van der Waals surface area contributed by atoms with Crippen molar-refractivity contribution in [1.82, 2.24) is 30.0 Å². The van der Waals surface area contributed by atoms with E-state index < -0.39 is 0 Å². The minimum Gasteiger partial charge on any atom is -0.487 e. The van der Waals surface area contributed by atoms with Gasteiger partial charge in [-0.1, -0.05) is 36.9 Å². The molecule has 3 atom stereocenters. The fraction of sp³-hybridized carbons (Fsp3) is 0.485. The zero-order valence-electron chi connectivity index (χ0n) is 27.1. The smallest absolute Gasteiger partial charge is 0.257 e. The van der Waals surface area contributed by atoms with Gasteiger partial charge in [-0.15, -0.1) is 5.10 Å². The molecule has 47 heavy (non-hydrogen) atoms. The van der Waals surface area contributed by atoms with E-state index in [1.807, 2.05) is 29.9 Å². The van der Waals surface area contributed by atoms with Gasteiger partial charge in [0.15, 0.2) is 6.61 Å². The van der Waals surface area contributed by atoms with Crippen LogP contribution in [-0.4, -0.2) is 69.0 Å². The van der Waals surface area contributed by atoms with Crippen LogP contribution in [0.4, 0.5) is 11.6 Å². The molecule has 2 aliphatic rings. The second-order valence-corrected chi connectivity index (χ2v) is 12.2. The first-order chi connectivity index (χ1) is 22.9. The number of morpholine rings is 1. The van der Waals surface area contributed by atoms with E-state index in [1.54, 1.807) is 24.7 Å². The van der Waals surface area contributed by atoms with Gasteiger partial charge in [0.2, 0.25) is 11.8 Å². The first-order valence-electron chi connectivity index (χ1n) is 16.1. The Bertz CT molecular complexity index is 1530. The normalized spacial score (nSPS) is 19.1. The number of rotatable bonds is 11. The monoisotopic (exact) mass is 665 g/mol. The number of aliphatic imine (C=N–C) groups is 1. The highest BCUT2D eigenvalue weighted by Gasteiger charge is 2.21. The summed E-state index contributed by atoms with van der Waals surface area (Å²) in [5, 5.41) is 11.7. The largest absolute Gasteiger partial charge is 0.487 e. The van der Waals surface area contributed by atoms with E-state index in [0.29, 0.717) is 59.0 Å². The first kappa shape index (κ1) is 34.1. The Balaban J connectivity index is 0.000000474. The summed E-state index contributed by atoms with van der Waals surface area (Å²) in [6, 6.07) is 5.88. The molecular formula is C33H44ClN9O4. The lowest BCUT2D eigenvalue weighted by molar-refractivity contribution is -0.0166. The lowest BCUT2D eigenvalue weighted by Gasteiger charge is -2.25. The van der Waals surface area contributed by atoms with Crippen molar-refractivity contribution in [3.8, 4) is 22.8 Å². The maximum absolute atomic E-state index is 6.35. The Morgan fingerprint density at radius 1 is 1.13 bits per heavy atom. The van der Waals surface area contributed by atoms with Crippen LogP contribution >= 0.6 is 11.6 Å². The summed E-state index contributed by atoms with van der Waals surface area (Å²) in [4.78, 5) is 17.2. The Labute approximate surface area is 280 Å². The fourth-order valence-electron chi connectivity index (χ4n) is 5.44. The van der Waals surface area contributed by atoms with E-state index in [4.69, 9.17) is 41.1 Å². The number of hydrogen-bond acceptors (Lipinski definition) is 11. The van der Waals surface area contributed by atoms with Crippen molar-refractivity contribution in [2.75, 3.05) is 25.0 Å². The molecule has 1 aliphatic carbocycles. The van der Waals surface area contributed by atoms with Crippen molar-refractivity contribution in [1.29, 1.82) is 0 Å². The number of hydrogen-bond donors (Lipinski definition) is 3. The van der Waals surface area contributed by atoms with E-state index >= 15 is 0 Å². The molecule has 252 valence electrons. The zero-order chi connectivity index (χ0) is 33.0. The average Bonchev–Trinajstić information content (AvgIpc) is 3.75. The summed E-state index contributed by atoms with van der Waals surface area (Å²) < 4.78 is 24.6. The molecule has 14 heteroatoms. The first-order valence-corrected chi connectivity index (χ1v) is 16.5. The summed E-state index contributed by atoms with van der Waals surface area (Å²) in [5.41, 5.74) is 7.69. The van der Waals surface area contributed by atoms with Crippen LogP contribution in [0.5, 0.6) is 11.6 Å². The van der Waals surface area contributed by atoms with Gasteiger partial charge in [-0.25, -0.2) is 15.0 Å². The van der Waals surface area contributed by atoms with Crippen LogP contribution in [0, 0.1) is 0 Å². The summed E-state index contributed by atoms with van der Waals surface area (Å²) in [7, 11) is 0. The maximum Gasteiger partial charge on any atom is 0.257 e. The molecule has 2 unspecified atom stereocenters. The molecule has 3 aromatic heterocycles. The highest BCUT2D eigenvalue weighted by atomic mass is 35.5. The third kappa shape index (κ3) is 10.1. The van der Waals surface area contributed by atoms with Gasteiger partial charge in [0, 0.05) is 31.0 Å². The number of oxazole rings is 1. The van der Waals surface area contributed by atoms with Crippen molar-refractivity contribution in [3.05, 3.63) is 60.2 Å². The molecule has 4 N–H and O–H groups in total. The van der Waals surface area contributed by atoms with E-state index in [0.717, 1.165) is 37.1 Å². The van der Waals surface area contributed by atoms with E-state index in [9.17, 15) is 0 Å². The average molecular weight is 666 g/mol. The van der Waals surface area contributed by atoms with Gasteiger partial charge in [-0.2, -0.15) is 0 Å².